The topological polar surface area (TPSA) is 161 Å². The van der Waals surface area contributed by atoms with E-state index in [0.717, 1.165) is 22.3 Å². The van der Waals surface area contributed by atoms with Crippen molar-refractivity contribution < 1.29 is 35.8 Å². The first-order chi connectivity index (χ1) is 25.9. The molecule has 17 heteroatoms. The lowest BCUT2D eigenvalue weighted by Gasteiger charge is -2.35. The minimum Gasteiger partial charge on any atom is -0.456 e. The molecule has 0 bridgehead atoms. The Kier molecular flexibility index (Phi) is 14.9. The first-order valence-corrected chi connectivity index (χ1v) is 20.9. The molecule has 0 aliphatic carbocycles. The number of carbonyl (C=O) groups excluding carboxylic acids is 1. The van der Waals surface area contributed by atoms with Crippen LogP contribution in [0.2, 0.25) is 0 Å². The number of halogens is 1. The number of hydrogen-bond donors (Lipinski definition) is 1. The number of piperazine rings is 2. The van der Waals surface area contributed by atoms with Crippen LogP contribution in [0.4, 0.5) is 4.79 Å². The number of aryl methyl sites for hydroxylation is 4. The molecule has 0 saturated carbocycles. The van der Waals surface area contributed by atoms with Gasteiger partial charge in [-0.15, -0.1) is 12.4 Å². The van der Waals surface area contributed by atoms with Gasteiger partial charge in [0, 0.05) is 76.9 Å². The van der Waals surface area contributed by atoms with E-state index in [-0.39, 0.29) is 54.1 Å². The fourth-order valence-corrected chi connectivity index (χ4v) is 9.11. The molecule has 56 heavy (non-hydrogen) atoms. The molecule has 0 unspecified atom stereocenters. The first kappa shape index (κ1) is 44.4. The summed E-state index contributed by atoms with van der Waals surface area (Å²) in [7, 11) is -7.48. The van der Waals surface area contributed by atoms with E-state index in [1.165, 1.54) is 38.3 Å². The summed E-state index contributed by atoms with van der Waals surface area (Å²) >= 11 is 0. The van der Waals surface area contributed by atoms with E-state index in [9.17, 15) is 21.6 Å². The largest absolute Gasteiger partial charge is 0.456 e. The Bertz CT molecular complexity index is 2160. The number of nitrogens with one attached hydrogen (secondary N) is 1. The smallest absolute Gasteiger partial charge is 0.410 e. The second-order valence-corrected chi connectivity index (χ2v) is 18.3. The van der Waals surface area contributed by atoms with Crippen LogP contribution in [0.25, 0.3) is 0 Å². The molecule has 0 radical (unpaired) electrons. The van der Waals surface area contributed by atoms with Gasteiger partial charge in [-0.25, -0.2) is 21.6 Å². The van der Waals surface area contributed by atoms with Gasteiger partial charge >= 0.3 is 6.09 Å². The van der Waals surface area contributed by atoms with Crippen molar-refractivity contribution >= 4 is 38.5 Å². The Balaban J connectivity index is 0.000000252. The summed E-state index contributed by atoms with van der Waals surface area (Å²) in [5.74, 6) is 1.70. The zero-order valence-electron chi connectivity index (χ0n) is 32.8. The second-order valence-electron chi connectivity index (χ2n) is 14.5. The number of benzene rings is 2. The number of rotatable bonds is 8. The van der Waals surface area contributed by atoms with E-state index in [1.807, 2.05) is 64.1 Å². The van der Waals surface area contributed by atoms with Gasteiger partial charge in [0.15, 0.2) is 11.5 Å². The van der Waals surface area contributed by atoms with Gasteiger partial charge in [0.25, 0.3) is 0 Å². The highest BCUT2D eigenvalue weighted by molar-refractivity contribution is 7.89. The van der Waals surface area contributed by atoms with Gasteiger partial charge in [0.05, 0.1) is 12.4 Å². The molecule has 4 heterocycles. The van der Waals surface area contributed by atoms with E-state index in [2.05, 4.69) is 15.3 Å². The lowest BCUT2D eigenvalue weighted by atomic mass is 10.1. The minimum atomic E-state index is -3.85. The standard InChI is InChI=1S/C22H29N3O5S.C17H21N3O3S.ClH/c1-16-12-17(2)14-18(13-16)29-19-6-7-23-15-20(19)31(27,28)25-10-8-24(9-11-25)21(26)30-22(3,4)5;1-13-9-14(2)11-15(10-13)23-16-3-4-19-12-17(16)24(21,22)20-7-5-18-6-8-20;/h6-7,12-15H,8-11H2,1-5H3;3-4,9-12,18H,5-8H2,1-2H3;1H. The van der Waals surface area contributed by atoms with E-state index >= 15 is 0 Å². The molecule has 2 aliphatic rings. The van der Waals surface area contributed by atoms with Crippen molar-refractivity contribution in [3.8, 4) is 23.0 Å². The Labute approximate surface area is 336 Å². The van der Waals surface area contributed by atoms with E-state index in [0.29, 0.717) is 43.4 Å². The third-order valence-electron chi connectivity index (χ3n) is 8.54. The average Bonchev–Trinajstić information content (AvgIpc) is 3.11. The van der Waals surface area contributed by atoms with Crippen molar-refractivity contribution in [3.63, 3.8) is 0 Å². The highest BCUT2D eigenvalue weighted by Crippen LogP contribution is 2.33. The molecule has 1 N–H and O–H groups in total. The number of sulfonamides is 2. The molecule has 6 rings (SSSR count). The number of amides is 1. The van der Waals surface area contributed by atoms with Crippen LogP contribution in [0.5, 0.6) is 23.0 Å². The molecule has 0 spiro atoms. The summed E-state index contributed by atoms with van der Waals surface area (Å²) in [6.45, 7) is 16.3. The van der Waals surface area contributed by atoms with Crippen LogP contribution in [0.3, 0.4) is 0 Å². The maximum absolute atomic E-state index is 13.3. The molecule has 4 aromatic rings. The van der Waals surface area contributed by atoms with Gasteiger partial charge in [0.2, 0.25) is 20.0 Å². The highest BCUT2D eigenvalue weighted by atomic mass is 35.5. The zero-order chi connectivity index (χ0) is 40.0. The van der Waals surface area contributed by atoms with Gasteiger partial charge in [-0.05, 0) is 95.0 Å². The first-order valence-electron chi connectivity index (χ1n) is 18.0. The molecule has 0 atom stereocenters. The summed E-state index contributed by atoms with van der Waals surface area (Å²) in [5, 5.41) is 3.15. The molecular formula is C39H51ClN6O8S2. The zero-order valence-corrected chi connectivity index (χ0v) is 35.3. The van der Waals surface area contributed by atoms with Crippen molar-refractivity contribution in [3.05, 3.63) is 95.6 Å². The molecule has 2 aromatic carbocycles. The third kappa shape index (κ3) is 11.6. The van der Waals surface area contributed by atoms with Crippen molar-refractivity contribution in [2.24, 2.45) is 0 Å². The number of aromatic nitrogens is 2. The molecule has 2 aliphatic heterocycles. The Morgan fingerprint density at radius 1 is 0.643 bits per heavy atom. The van der Waals surface area contributed by atoms with Crippen LogP contribution in [-0.2, 0) is 24.8 Å². The van der Waals surface area contributed by atoms with E-state index < -0.39 is 31.7 Å². The number of hydrogen-bond acceptors (Lipinski definition) is 11. The Morgan fingerprint density at radius 2 is 1.04 bits per heavy atom. The Morgan fingerprint density at radius 3 is 1.43 bits per heavy atom. The summed E-state index contributed by atoms with van der Waals surface area (Å²) in [6, 6.07) is 14.7. The predicted octanol–water partition coefficient (Wildman–Crippen LogP) is 6.24. The van der Waals surface area contributed by atoms with Crippen LogP contribution in [0.15, 0.2) is 83.1 Å². The maximum Gasteiger partial charge on any atom is 0.410 e. The van der Waals surface area contributed by atoms with Gasteiger partial charge in [-0.2, -0.15) is 8.61 Å². The fraction of sp³-hybridized carbons (Fsp3) is 0.410. The van der Waals surface area contributed by atoms with Crippen LogP contribution in [-0.4, -0.2) is 104 Å². The predicted molar refractivity (Wildman–Crippen MR) is 216 cm³/mol. The van der Waals surface area contributed by atoms with Crippen LogP contribution < -0.4 is 14.8 Å². The SMILES string of the molecule is Cc1cc(C)cc(Oc2ccncc2S(=O)(=O)N2CCN(C(=O)OC(C)(C)C)CC2)c1.Cc1cc(C)cc(Oc2ccncc2S(=O)(=O)N2CCNCC2)c1.Cl. The van der Waals surface area contributed by atoms with Crippen molar-refractivity contribution in [2.45, 2.75) is 63.9 Å². The summed E-state index contributed by atoms with van der Waals surface area (Å²) in [6.07, 6.45) is 5.25. The highest BCUT2D eigenvalue weighted by Gasteiger charge is 2.34. The minimum absolute atomic E-state index is 0. The number of pyridine rings is 2. The van der Waals surface area contributed by atoms with Crippen molar-refractivity contribution in [2.75, 3.05) is 52.4 Å². The van der Waals surface area contributed by atoms with Crippen LogP contribution >= 0.6 is 12.4 Å². The lowest BCUT2D eigenvalue weighted by Crippen LogP contribution is -2.51. The number of ether oxygens (including phenoxy) is 3. The van der Waals surface area contributed by atoms with Gasteiger partial charge in [-0.3, -0.25) is 9.97 Å². The van der Waals surface area contributed by atoms with Gasteiger partial charge < -0.3 is 24.4 Å². The maximum atomic E-state index is 13.3. The number of carbonyl (C=O) groups is 1. The molecule has 2 saturated heterocycles. The second kappa shape index (κ2) is 18.7. The van der Waals surface area contributed by atoms with Gasteiger partial charge in [0.1, 0.15) is 26.9 Å². The molecular weight excluding hydrogens is 780 g/mol. The molecule has 1 amide bonds. The van der Waals surface area contributed by atoms with Crippen molar-refractivity contribution in [1.29, 1.82) is 0 Å². The van der Waals surface area contributed by atoms with E-state index in [4.69, 9.17) is 14.2 Å². The monoisotopic (exact) mass is 830 g/mol. The molecule has 14 nitrogen and oxygen atoms in total. The lowest BCUT2D eigenvalue weighted by molar-refractivity contribution is 0.0192. The van der Waals surface area contributed by atoms with E-state index in [1.54, 1.807) is 32.9 Å². The fourth-order valence-electron chi connectivity index (χ4n) is 6.13. The summed E-state index contributed by atoms with van der Waals surface area (Å²) in [4.78, 5) is 21.9. The van der Waals surface area contributed by atoms with Gasteiger partial charge in [-0.1, -0.05) is 12.1 Å². The average molecular weight is 831 g/mol. The summed E-state index contributed by atoms with van der Waals surface area (Å²) in [5.41, 5.74) is 3.56. The molecule has 2 fully saturated rings. The van der Waals surface area contributed by atoms with Crippen LogP contribution in [0, 0.1) is 27.7 Å². The Hall–Kier alpha value is -4.32. The van der Waals surface area contributed by atoms with Crippen molar-refractivity contribution in [1.82, 2.24) is 28.8 Å². The number of nitrogens with zero attached hydrogens (tertiary/aromatic N) is 5. The van der Waals surface area contributed by atoms with Crippen LogP contribution in [0.1, 0.15) is 43.0 Å². The molecule has 304 valence electrons. The normalized spacial score (nSPS) is 15.5. The summed E-state index contributed by atoms with van der Waals surface area (Å²) < 4.78 is 72.4. The third-order valence-corrected chi connectivity index (χ3v) is 12.4. The quantitative estimate of drug-likeness (QED) is 0.214. The molecule has 2 aromatic heterocycles.